The van der Waals surface area contributed by atoms with E-state index in [4.69, 9.17) is 0 Å². The van der Waals surface area contributed by atoms with Gasteiger partial charge in [-0.2, -0.15) is 0 Å². The lowest BCUT2D eigenvalue weighted by Crippen LogP contribution is -2.08. The van der Waals surface area contributed by atoms with E-state index in [1.165, 1.54) is 12.8 Å². The molecule has 2 heterocycles. The molecule has 0 aliphatic carbocycles. The minimum atomic E-state index is 0.626. The summed E-state index contributed by atoms with van der Waals surface area (Å²) in [6.45, 7) is 3.75. The number of benzene rings is 1. The van der Waals surface area contributed by atoms with Crippen LogP contribution in [0.25, 0.3) is 11.4 Å². The van der Waals surface area contributed by atoms with Gasteiger partial charge in [0.05, 0.1) is 12.2 Å². The second kappa shape index (κ2) is 9.51. The van der Waals surface area contributed by atoms with Crippen LogP contribution in [0.4, 0.5) is 11.6 Å². The third-order valence-electron chi connectivity index (χ3n) is 4.02. The average Bonchev–Trinajstić information content (AvgIpc) is 2.71. The molecule has 0 aliphatic heterocycles. The Hall–Kier alpha value is -2.95. The monoisotopic (exact) mass is 347 g/mol. The van der Waals surface area contributed by atoms with Crippen molar-refractivity contribution < 1.29 is 0 Å². The summed E-state index contributed by atoms with van der Waals surface area (Å²) in [5.41, 5.74) is 1.98. The van der Waals surface area contributed by atoms with Gasteiger partial charge in [-0.3, -0.25) is 4.98 Å². The summed E-state index contributed by atoms with van der Waals surface area (Å²) in [4.78, 5) is 13.7. The summed E-state index contributed by atoms with van der Waals surface area (Å²) < 4.78 is 0. The molecule has 0 fully saturated rings. The standard InChI is InChI=1S/C21H25N5/c1-2-3-8-14-23-19-15-20(24-16-18-12-7-9-13-22-18)26-21(25-19)17-10-5-4-6-11-17/h4-7,9-13,15H,2-3,8,14,16H2,1H3,(H2,23,24,25,26). The Kier molecular flexibility index (Phi) is 6.53. The topological polar surface area (TPSA) is 62.7 Å². The molecular formula is C21H25N5. The van der Waals surface area contributed by atoms with Crippen molar-refractivity contribution in [1.82, 2.24) is 15.0 Å². The van der Waals surface area contributed by atoms with Gasteiger partial charge in [-0.25, -0.2) is 9.97 Å². The van der Waals surface area contributed by atoms with E-state index in [2.05, 4.69) is 32.5 Å². The van der Waals surface area contributed by atoms with Gasteiger partial charge in [0.2, 0.25) is 0 Å². The molecule has 5 nitrogen and oxygen atoms in total. The molecule has 0 saturated carbocycles. The van der Waals surface area contributed by atoms with Crippen LogP contribution in [0.5, 0.6) is 0 Å². The van der Waals surface area contributed by atoms with Crippen LogP contribution in [0, 0.1) is 0 Å². The number of anilines is 2. The first-order chi connectivity index (χ1) is 12.8. The quantitative estimate of drug-likeness (QED) is 0.547. The van der Waals surface area contributed by atoms with Gasteiger partial charge in [0.1, 0.15) is 11.6 Å². The first-order valence-electron chi connectivity index (χ1n) is 9.17. The minimum absolute atomic E-state index is 0.626. The third kappa shape index (κ3) is 5.28. The summed E-state index contributed by atoms with van der Waals surface area (Å²) >= 11 is 0. The van der Waals surface area contributed by atoms with Crippen LogP contribution in [0.3, 0.4) is 0 Å². The van der Waals surface area contributed by atoms with E-state index in [1.807, 2.05) is 54.6 Å². The van der Waals surface area contributed by atoms with Gasteiger partial charge in [-0.15, -0.1) is 0 Å². The highest BCUT2D eigenvalue weighted by Gasteiger charge is 2.07. The maximum absolute atomic E-state index is 4.68. The van der Waals surface area contributed by atoms with Crippen molar-refractivity contribution in [2.75, 3.05) is 17.2 Å². The lowest BCUT2D eigenvalue weighted by molar-refractivity contribution is 0.742. The number of pyridine rings is 1. The van der Waals surface area contributed by atoms with Crippen molar-refractivity contribution >= 4 is 11.6 Å². The molecule has 0 aliphatic rings. The first-order valence-corrected chi connectivity index (χ1v) is 9.17. The molecule has 0 atom stereocenters. The zero-order chi connectivity index (χ0) is 18.0. The molecule has 0 radical (unpaired) electrons. The summed E-state index contributed by atoms with van der Waals surface area (Å²) in [5, 5.41) is 6.78. The SMILES string of the molecule is CCCCCNc1cc(NCc2ccccn2)nc(-c2ccccc2)n1. The number of hydrogen-bond donors (Lipinski definition) is 2. The third-order valence-corrected chi connectivity index (χ3v) is 4.02. The first kappa shape index (κ1) is 17.9. The second-order valence-electron chi connectivity index (χ2n) is 6.14. The molecule has 0 unspecified atom stereocenters. The predicted molar refractivity (Wildman–Crippen MR) is 107 cm³/mol. The Morgan fingerprint density at radius 3 is 2.35 bits per heavy atom. The zero-order valence-electron chi connectivity index (χ0n) is 15.2. The number of hydrogen-bond acceptors (Lipinski definition) is 5. The molecule has 0 amide bonds. The normalized spacial score (nSPS) is 10.5. The Labute approximate surface area is 154 Å². The molecule has 1 aromatic carbocycles. The van der Waals surface area contributed by atoms with E-state index in [9.17, 15) is 0 Å². The fourth-order valence-electron chi connectivity index (χ4n) is 2.62. The summed E-state index contributed by atoms with van der Waals surface area (Å²) in [6, 6.07) is 17.9. The van der Waals surface area contributed by atoms with Crippen molar-refractivity contribution in [2.45, 2.75) is 32.7 Å². The van der Waals surface area contributed by atoms with Crippen molar-refractivity contribution in [1.29, 1.82) is 0 Å². The van der Waals surface area contributed by atoms with Crippen LogP contribution >= 0.6 is 0 Å². The van der Waals surface area contributed by atoms with Gasteiger partial charge in [-0.1, -0.05) is 56.2 Å². The zero-order valence-corrected chi connectivity index (χ0v) is 15.2. The van der Waals surface area contributed by atoms with Crippen molar-refractivity contribution in [3.8, 4) is 11.4 Å². The van der Waals surface area contributed by atoms with Crippen LogP contribution in [-0.4, -0.2) is 21.5 Å². The molecule has 3 rings (SSSR count). The van der Waals surface area contributed by atoms with Crippen LogP contribution in [-0.2, 0) is 6.54 Å². The molecule has 26 heavy (non-hydrogen) atoms. The molecule has 0 spiro atoms. The Morgan fingerprint density at radius 2 is 1.62 bits per heavy atom. The summed E-state index contributed by atoms with van der Waals surface area (Å²) in [7, 11) is 0. The maximum Gasteiger partial charge on any atom is 0.163 e. The van der Waals surface area contributed by atoms with E-state index in [0.717, 1.165) is 41.7 Å². The molecule has 0 bridgehead atoms. The Morgan fingerprint density at radius 1 is 0.846 bits per heavy atom. The van der Waals surface area contributed by atoms with Crippen molar-refractivity contribution in [3.05, 3.63) is 66.5 Å². The second-order valence-corrected chi connectivity index (χ2v) is 6.14. The summed E-state index contributed by atoms with van der Waals surface area (Å²) in [5.74, 6) is 2.36. The largest absolute Gasteiger partial charge is 0.370 e. The van der Waals surface area contributed by atoms with E-state index in [1.54, 1.807) is 6.20 Å². The Balaban J connectivity index is 1.77. The molecule has 0 saturated heterocycles. The fourth-order valence-corrected chi connectivity index (χ4v) is 2.62. The molecule has 3 aromatic rings. The van der Waals surface area contributed by atoms with Gasteiger partial charge in [-0.05, 0) is 18.6 Å². The van der Waals surface area contributed by atoms with Crippen LogP contribution in [0.1, 0.15) is 31.9 Å². The number of nitrogens with one attached hydrogen (secondary N) is 2. The minimum Gasteiger partial charge on any atom is -0.370 e. The van der Waals surface area contributed by atoms with E-state index >= 15 is 0 Å². The van der Waals surface area contributed by atoms with Crippen molar-refractivity contribution in [2.24, 2.45) is 0 Å². The molecule has 134 valence electrons. The number of aromatic nitrogens is 3. The number of nitrogens with zero attached hydrogens (tertiary/aromatic N) is 3. The van der Waals surface area contributed by atoms with Gasteiger partial charge < -0.3 is 10.6 Å². The lowest BCUT2D eigenvalue weighted by Gasteiger charge is -2.11. The average molecular weight is 347 g/mol. The van der Waals surface area contributed by atoms with Gasteiger partial charge in [0.25, 0.3) is 0 Å². The van der Waals surface area contributed by atoms with Crippen LogP contribution < -0.4 is 10.6 Å². The summed E-state index contributed by atoms with van der Waals surface area (Å²) in [6.07, 6.45) is 5.36. The van der Waals surface area contributed by atoms with E-state index in [-0.39, 0.29) is 0 Å². The predicted octanol–water partition coefficient (Wildman–Crippen LogP) is 4.75. The molecule has 5 heteroatoms. The van der Waals surface area contributed by atoms with E-state index < -0.39 is 0 Å². The molecule has 2 N–H and O–H groups in total. The van der Waals surface area contributed by atoms with Gasteiger partial charge >= 0.3 is 0 Å². The maximum atomic E-state index is 4.68. The van der Waals surface area contributed by atoms with Gasteiger partial charge in [0, 0.05) is 24.4 Å². The van der Waals surface area contributed by atoms with E-state index in [0.29, 0.717) is 6.54 Å². The Bertz CT molecular complexity index is 790. The van der Waals surface area contributed by atoms with Crippen LogP contribution in [0.15, 0.2) is 60.8 Å². The molecule has 2 aromatic heterocycles. The van der Waals surface area contributed by atoms with Crippen LogP contribution in [0.2, 0.25) is 0 Å². The lowest BCUT2D eigenvalue weighted by atomic mass is 10.2. The fraction of sp³-hybridized carbons (Fsp3) is 0.286. The smallest absolute Gasteiger partial charge is 0.163 e. The molecular weight excluding hydrogens is 322 g/mol. The van der Waals surface area contributed by atoms with Crippen molar-refractivity contribution in [3.63, 3.8) is 0 Å². The highest BCUT2D eigenvalue weighted by Crippen LogP contribution is 2.20. The highest BCUT2D eigenvalue weighted by atomic mass is 15.1. The number of unbranched alkanes of at least 4 members (excludes halogenated alkanes) is 2. The highest BCUT2D eigenvalue weighted by molar-refractivity contribution is 5.61. The van der Waals surface area contributed by atoms with Gasteiger partial charge in [0.15, 0.2) is 5.82 Å². The number of rotatable bonds is 9.